The van der Waals surface area contributed by atoms with E-state index in [9.17, 15) is 4.39 Å². The first-order chi connectivity index (χ1) is 9.08. The maximum Gasteiger partial charge on any atom is 0.142 e. The van der Waals surface area contributed by atoms with E-state index in [-0.39, 0.29) is 5.82 Å². The molecule has 2 aromatic heterocycles. The van der Waals surface area contributed by atoms with Gasteiger partial charge in [0.2, 0.25) is 0 Å². The number of aromatic nitrogens is 2. The zero-order valence-electron chi connectivity index (χ0n) is 10.2. The SMILES string of the molecule is Cc1cccn2c(N)c(-c3ccc(Br)c(F)c3)nc12. The van der Waals surface area contributed by atoms with Crippen molar-refractivity contribution in [1.29, 1.82) is 0 Å². The van der Waals surface area contributed by atoms with E-state index >= 15 is 0 Å². The Morgan fingerprint density at radius 3 is 2.79 bits per heavy atom. The van der Waals surface area contributed by atoms with E-state index in [4.69, 9.17) is 5.73 Å². The Morgan fingerprint density at radius 2 is 2.11 bits per heavy atom. The molecule has 19 heavy (non-hydrogen) atoms. The standard InChI is InChI=1S/C14H11BrFN3/c1-8-3-2-6-19-13(17)12(18-14(8)19)9-4-5-10(15)11(16)7-9/h2-7H,17H2,1H3. The van der Waals surface area contributed by atoms with Crippen LogP contribution < -0.4 is 5.73 Å². The van der Waals surface area contributed by atoms with E-state index in [1.165, 1.54) is 6.07 Å². The molecule has 0 unspecified atom stereocenters. The molecule has 0 bridgehead atoms. The number of pyridine rings is 1. The van der Waals surface area contributed by atoms with E-state index in [1.807, 2.05) is 29.7 Å². The number of nitrogens with zero attached hydrogens (tertiary/aromatic N) is 2. The Hall–Kier alpha value is -1.88. The van der Waals surface area contributed by atoms with Crippen molar-refractivity contribution in [1.82, 2.24) is 9.38 Å². The Kier molecular flexibility index (Phi) is 2.78. The molecule has 0 aliphatic heterocycles. The summed E-state index contributed by atoms with van der Waals surface area (Å²) in [6.07, 6.45) is 1.85. The maximum absolute atomic E-state index is 13.6. The fourth-order valence-corrected chi connectivity index (χ4v) is 2.32. The molecule has 3 rings (SSSR count). The minimum absolute atomic E-state index is 0.328. The van der Waals surface area contributed by atoms with Crippen LogP contribution in [0.25, 0.3) is 16.9 Å². The molecular formula is C14H11BrFN3. The van der Waals surface area contributed by atoms with Crippen LogP contribution in [0, 0.1) is 12.7 Å². The van der Waals surface area contributed by atoms with Crippen LogP contribution in [0.1, 0.15) is 5.56 Å². The first-order valence-corrected chi connectivity index (χ1v) is 6.56. The van der Waals surface area contributed by atoms with E-state index in [0.717, 1.165) is 11.2 Å². The molecule has 2 heterocycles. The van der Waals surface area contributed by atoms with Gasteiger partial charge in [-0.3, -0.25) is 4.40 Å². The van der Waals surface area contributed by atoms with Crippen molar-refractivity contribution in [2.75, 3.05) is 5.73 Å². The third-order valence-corrected chi connectivity index (χ3v) is 3.72. The van der Waals surface area contributed by atoms with Crippen molar-refractivity contribution in [3.05, 3.63) is 52.4 Å². The fraction of sp³-hybridized carbons (Fsp3) is 0.0714. The van der Waals surface area contributed by atoms with Gasteiger partial charge in [0, 0.05) is 11.8 Å². The van der Waals surface area contributed by atoms with Gasteiger partial charge in [-0.25, -0.2) is 9.37 Å². The average molecular weight is 320 g/mol. The van der Waals surface area contributed by atoms with Gasteiger partial charge in [-0.15, -0.1) is 0 Å². The highest BCUT2D eigenvalue weighted by molar-refractivity contribution is 9.10. The van der Waals surface area contributed by atoms with Crippen molar-refractivity contribution >= 4 is 27.4 Å². The highest BCUT2D eigenvalue weighted by Crippen LogP contribution is 2.29. The highest BCUT2D eigenvalue weighted by Gasteiger charge is 2.13. The summed E-state index contributed by atoms with van der Waals surface area (Å²) < 4.78 is 15.8. The Labute approximate surface area is 118 Å². The lowest BCUT2D eigenvalue weighted by Gasteiger charge is -2.01. The molecular weight excluding hydrogens is 309 g/mol. The lowest BCUT2D eigenvalue weighted by molar-refractivity contribution is 0.621. The predicted octanol–water partition coefficient (Wildman–Crippen LogP) is 3.79. The third kappa shape index (κ3) is 1.90. The number of hydrogen-bond donors (Lipinski definition) is 1. The first-order valence-electron chi connectivity index (χ1n) is 5.76. The summed E-state index contributed by atoms with van der Waals surface area (Å²) in [4.78, 5) is 4.51. The molecule has 0 saturated carbocycles. The molecule has 0 aliphatic carbocycles. The number of fused-ring (bicyclic) bond motifs is 1. The number of hydrogen-bond acceptors (Lipinski definition) is 2. The van der Waals surface area contributed by atoms with E-state index in [0.29, 0.717) is 21.5 Å². The number of halogens is 2. The van der Waals surface area contributed by atoms with Crippen LogP contribution in [-0.4, -0.2) is 9.38 Å². The molecule has 5 heteroatoms. The van der Waals surface area contributed by atoms with Crippen LogP contribution in [0.15, 0.2) is 41.0 Å². The van der Waals surface area contributed by atoms with E-state index in [1.54, 1.807) is 12.1 Å². The number of aryl methyl sites for hydroxylation is 1. The lowest BCUT2D eigenvalue weighted by atomic mass is 10.1. The molecule has 3 nitrogen and oxygen atoms in total. The highest BCUT2D eigenvalue weighted by atomic mass is 79.9. The Morgan fingerprint density at radius 1 is 1.32 bits per heavy atom. The largest absolute Gasteiger partial charge is 0.383 e. The zero-order chi connectivity index (χ0) is 13.6. The number of rotatable bonds is 1. The molecule has 0 saturated heterocycles. The van der Waals surface area contributed by atoms with Crippen molar-refractivity contribution < 1.29 is 4.39 Å². The summed E-state index contributed by atoms with van der Waals surface area (Å²) in [6.45, 7) is 1.97. The monoisotopic (exact) mass is 319 g/mol. The van der Waals surface area contributed by atoms with E-state index < -0.39 is 0 Å². The molecule has 0 fully saturated rings. The zero-order valence-corrected chi connectivity index (χ0v) is 11.8. The molecule has 0 spiro atoms. The summed E-state index contributed by atoms with van der Waals surface area (Å²) in [7, 11) is 0. The van der Waals surface area contributed by atoms with Crippen molar-refractivity contribution in [3.8, 4) is 11.3 Å². The molecule has 2 N–H and O–H groups in total. The summed E-state index contributed by atoms with van der Waals surface area (Å²) >= 11 is 3.13. The van der Waals surface area contributed by atoms with Gasteiger partial charge in [0.1, 0.15) is 23.0 Å². The molecule has 3 aromatic rings. The minimum atomic E-state index is -0.328. The molecule has 0 radical (unpaired) electrons. The topological polar surface area (TPSA) is 43.3 Å². The number of nitrogens with two attached hydrogens (primary N) is 1. The first kappa shape index (κ1) is 12.2. The Balaban J connectivity index is 2.28. The number of imidazole rings is 1. The maximum atomic E-state index is 13.6. The van der Waals surface area contributed by atoms with Crippen LogP contribution in [0.4, 0.5) is 10.2 Å². The van der Waals surface area contributed by atoms with Gasteiger partial charge in [-0.2, -0.15) is 0 Å². The molecule has 96 valence electrons. The Bertz CT molecular complexity index is 780. The molecule has 1 aromatic carbocycles. The molecule has 0 amide bonds. The molecule has 0 aliphatic rings. The van der Waals surface area contributed by atoms with Gasteiger partial charge in [0.15, 0.2) is 0 Å². The molecule has 0 atom stereocenters. The second-order valence-corrected chi connectivity index (χ2v) is 5.21. The van der Waals surface area contributed by atoms with Crippen LogP contribution in [0.2, 0.25) is 0 Å². The quantitative estimate of drug-likeness (QED) is 0.741. The predicted molar refractivity (Wildman–Crippen MR) is 77.4 cm³/mol. The number of nitrogen functional groups attached to an aromatic ring is 1. The van der Waals surface area contributed by atoms with Gasteiger partial charge >= 0.3 is 0 Å². The van der Waals surface area contributed by atoms with Gasteiger partial charge < -0.3 is 5.73 Å². The van der Waals surface area contributed by atoms with Crippen molar-refractivity contribution in [3.63, 3.8) is 0 Å². The van der Waals surface area contributed by atoms with Crippen LogP contribution in [0.3, 0.4) is 0 Å². The second kappa shape index (κ2) is 4.35. The summed E-state index contributed by atoms with van der Waals surface area (Å²) in [5.41, 5.74) is 9.18. The van der Waals surface area contributed by atoms with Crippen LogP contribution in [-0.2, 0) is 0 Å². The summed E-state index contributed by atoms with van der Waals surface area (Å²) in [5.74, 6) is 0.186. The smallest absolute Gasteiger partial charge is 0.142 e. The lowest BCUT2D eigenvalue weighted by Crippen LogP contribution is -1.94. The van der Waals surface area contributed by atoms with Crippen LogP contribution >= 0.6 is 15.9 Å². The summed E-state index contributed by atoms with van der Waals surface area (Å²) in [5, 5.41) is 0. The average Bonchev–Trinajstić information content (AvgIpc) is 2.72. The third-order valence-electron chi connectivity index (χ3n) is 3.08. The minimum Gasteiger partial charge on any atom is -0.383 e. The van der Waals surface area contributed by atoms with Crippen molar-refractivity contribution in [2.45, 2.75) is 6.92 Å². The summed E-state index contributed by atoms with van der Waals surface area (Å²) in [6, 6.07) is 8.75. The number of benzene rings is 1. The van der Waals surface area contributed by atoms with Gasteiger partial charge in [0.25, 0.3) is 0 Å². The van der Waals surface area contributed by atoms with Crippen molar-refractivity contribution in [2.24, 2.45) is 0 Å². The number of anilines is 1. The fourth-order valence-electron chi connectivity index (χ4n) is 2.08. The van der Waals surface area contributed by atoms with Gasteiger partial charge in [0.05, 0.1) is 4.47 Å². The van der Waals surface area contributed by atoms with E-state index in [2.05, 4.69) is 20.9 Å². The normalized spacial score (nSPS) is 11.1. The van der Waals surface area contributed by atoms with Gasteiger partial charge in [-0.1, -0.05) is 12.1 Å². The van der Waals surface area contributed by atoms with Gasteiger partial charge in [-0.05, 0) is 46.6 Å². The second-order valence-electron chi connectivity index (χ2n) is 4.36. The van der Waals surface area contributed by atoms with Crippen LogP contribution in [0.5, 0.6) is 0 Å².